The second-order valence-electron chi connectivity index (χ2n) is 11.8. The second-order valence-corrected chi connectivity index (χ2v) is 14.0. The summed E-state index contributed by atoms with van der Waals surface area (Å²) in [6, 6.07) is 11.3. The third-order valence-electron chi connectivity index (χ3n) is 9.02. The average molecular weight is 589 g/mol. The van der Waals surface area contributed by atoms with E-state index >= 15 is 0 Å². The lowest BCUT2D eigenvalue weighted by Crippen LogP contribution is -2.47. The molecule has 2 heterocycles. The molecule has 1 amide bonds. The standard InChI is InChI=1S/C31H41ClN2O5S/c1-3-5-20-13-14-40(37,38)33-31(36)22-8-12-29-28(16-22)34(17-23-7-10-27(23)30(20)35)18-24(19-39-29)26-11-9-25(32)15-21(26)6-4-2/h8-9,11-12,15-16,20,23-24,27,30,35H,3-7,10,13-14,17-19H2,1-2H3,(H,33,36)/t20-,23+,24+,27-,30-/m1/s1. The van der Waals surface area contributed by atoms with Gasteiger partial charge in [-0.05, 0) is 91.3 Å². The van der Waals surface area contributed by atoms with Crippen molar-refractivity contribution in [1.82, 2.24) is 4.72 Å². The first-order chi connectivity index (χ1) is 19.2. The van der Waals surface area contributed by atoms with E-state index in [1.807, 2.05) is 6.07 Å². The number of carbonyl (C=O) groups is 1. The summed E-state index contributed by atoms with van der Waals surface area (Å²) >= 11 is 6.37. The zero-order valence-corrected chi connectivity index (χ0v) is 25.0. The zero-order valence-electron chi connectivity index (χ0n) is 23.4. The van der Waals surface area contributed by atoms with E-state index in [4.69, 9.17) is 16.3 Å². The van der Waals surface area contributed by atoms with Gasteiger partial charge >= 0.3 is 0 Å². The molecule has 9 heteroatoms. The molecule has 2 aliphatic heterocycles. The number of benzene rings is 2. The Bertz CT molecular complexity index is 1330. The predicted octanol–water partition coefficient (Wildman–Crippen LogP) is 5.54. The highest BCUT2D eigenvalue weighted by atomic mass is 35.5. The Balaban J connectivity index is 1.54. The first kappa shape index (κ1) is 29.2. The Kier molecular flexibility index (Phi) is 8.98. The highest BCUT2D eigenvalue weighted by Gasteiger charge is 2.41. The van der Waals surface area contributed by atoms with Crippen LogP contribution in [0.5, 0.6) is 5.75 Å². The number of aliphatic hydroxyl groups is 1. The van der Waals surface area contributed by atoms with Gasteiger partial charge in [-0.1, -0.05) is 44.4 Å². The Morgan fingerprint density at radius 1 is 1.07 bits per heavy atom. The molecule has 3 aliphatic rings. The zero-order chi connectivity index (χ0) is 28.4. The van der Waals surface area contributed by atoms with E-state index in [9.17, 15) is 18.3 Å². The van der Waals surface area contributed by atoms with Crippen molar-refractivity contribution in [3.63, 3.8) is 0 Å². The van der Waals surface area contributed by atoms with Crippen molar-refractivity contribution in [2.45, 2.75) is 70.8 Å². The van der Waals surface area contributed by atoms with Crippen LogP contribution in [0.15, 0.2) is 36.4 Å². The first-order valence-electron chi connectivity index (χ1n) is 14.7. The van der Waals surface area contributed by atoms with Crippen molar-refractivity contribution in [2.75, 3.05) is 30.3 Å². The number of carbonyl (C=O) groups excluding carboxylic acids is 1. The Morgan fingerprint density at radius 3 is 2.62 bits per heavy atom. The summed E-state index contributed by atoms with van der Waals surface area (Å²) in [5.41, 5.74) is 3.53. The number of rotatable bonds is 5. The fourth-order valence-electron chi connectivity index (χ4n) is 6.77. The molecule has 0 saturated heterocycles. The second kappa shape index (κ2) is 12.3. The van der Waals surface area contributed by atoms with Gasteiger partial charge in [-0.2, -0.15) is 0 Å². The molecule has 1 aliphatic carbocycles. The molecule has 218 valence electrons. The molecule has 40 heavy (non-hydrogen) atoms. The molecular formula is C31H41ClN2O5S. The maximum Gasteiger partial charge on any atom is 0.264 e. The normalized spacial score (nSPS) is 28.2. The molecule has 0 unspecified atom stereocenters. The summed E-state index contributed by atoms with van der Waals surface area (Å²) in [5.74, 6) is 0.222. The van der Waals surface area contributed by atoms with Gasteiger partial charge in [0.05, 0.1) is 24.2 Å². The van der Waals surface area contributed by atoms with Crippen molar-refractivity contribution in [3.05, 3.63) is 58.1 Å². The van der Waals surface area contributed by atoms with Crippen molar-refractivity contribution in [2.24, 2.45) is 17.8 Å². The third kappa shape index (κ3) is 6.29. The molecule has 1 fully saturated rings. The van der Waals surface area contributed by atoms with Crippen LogP contribution in [0, 0.1) is 17.8 Å². The Hall–Kier alpha value is -2.29. The quantitative estimate of drug-likeness (QED) is 0.476. The van der Waals surface area contributed by atoms with Crippen molar-refractivity contribution < 1.29 is 23.1 Å². The van der Waals surface area contributed by atoms with E-state index in [1.54, 1.807) is 18.2 Å². The maximum absolute atomic E-state index is 13.1. The predicted molar refractivity (Wildman–Crippen MR) is 159 cm³/mol. The largest absolute Gasteiger partial charge is 0.491 e. The monoisotopic (exact) mass is 588 g/mol. The summed E-state index contributed by atoms with van der Waals surface area (Å²) in [6.07, 6.45) is 5.28. The maximum atomic E-state index is 13.1. The van der Waals surface area contributed by atoms with Crippen LogP contribution in [-0.4, -0.2) is 51.0 Å². The molecular weight excluding hydrogens is 548 g/mol. The molecule has 5 atom stereocenters. The Morgan fingerprint density at radius 2 is 1.90 bits per heavy atom. The average Bonchev–Trinajstić information content (AvgIpc) is 3.07. The van der Waals surface area contributed by atoms with Gasteiger partial charge in [0.15, 0.2) is 0 Å². The highest BCUT2D eigenvalue weighted by molar-refractivity contribution is 7.90. The van der Waals surface area contributed by atoms with Gasteiger partial charge in [-0.25, -0.2) is 13.1 Å². The molecule has 2 bridgehead atoms. The van der Waals surface area contributed by atoms with Crippen LogP contribution in [0.2, 0.25) is 5.02 Å². The van der Waals surface area contributed by atoms with Crippen LogP contribution in [0.1, 0.15) is 79.8 Å². The lowest BCUT2D eigenvalue weighted by molar-refractivity contribution is -0.0252. The van der Waals surface area contributed by atoms with Crippen molar-refractivity contribution in [1.29, 1.82) is 0 Å². The molecule has 2 aromatic rings. The van der Waals surface area contributed by atoms with Gasteiger partial charge < -0.3 is 14.7 Å². The fourth-order valence-corrected chi connectivity index (χ4v) is 8.08. The molecule has 7 nitrogen and oxygen atoms in total. The Labute approximate surface area is 243 Å². The first-order valence-corrected chi connectivity index (χ1v) is 16.7. The number of amides is 1. The number of nitrogens with one attached hydrogen (secondary N) is 1. The lowest BCUT2D eigenvalue weighted by atomic mass is 9.66. The smallest absolute Gasteiger partial charge is 0.264 e. The summed E-state index contributed by atoms with van der Waals surface area (Å²) in [6.45, 7) is 6.13. The number of fused-ring (bicyclic) bond motifs is 2. The van der Waals surface area contributed by atoms with E-state index in [-0.39, 0.29) is 29.4 Å². The van der Waals surface area contributed by atoms with Crippen LogP contribution >= 0.6 is 11.6 Å². The molecule has 0 radical (unpaired) electrons. The van der Waals surface area contributed by atoms with E-state index in [0.29, 0.717) is 30.9 Å². The minimum atomic E-state index is -3.85. The molecule has 1 saturated carbocycles. The number of hydrogen-bond donors (Lipinski definition) is 2. The fraction of sp³-hybridized carbons (Fsp3) is 0.581. The van der Waals surface area contributed by atoms with Gasteiger partial charge in [-0.3, -0.25) is 4.79 Å². The minimum absolute atomic E-state index is 0.0824. The SMILES string of the molecule is CCCc1cc(Cl)ccc1[C@@H]1COc2ccc3cc2N(C1)C[C@@H]1CC[C@H]1[C@H](O)[C@H](CCC)CCS(=O)(=O)NC3=O. The number of halogens is 1. The summed E-state index contributed by atoms with van der Waals surface area (Å²) in [7, 11) is -3.85. The molecule has 2 N–H and O–H groups in total. The topological polar surface area (TPSA) is 95.9 Å². The van der Waals surface area contributed by atoms with E-state index in [1.165, 1.54) is 11.1 Å². The summed E-state index contributed by atoms with van der Waals surface area (Å²) in [4.78, 5) is 15.4. The lowest BCUT2D eigenvalue weighted by Gasteiger charge is -2.45. The van der Waals surface area contributed by atoms with Gasteiger partial charge in [-0.15, -0.1) is 0 Å². The number of sulfonamides is 1. The third-order valence-corrected chi connectivity index (χ3v) is 10.5. The van der Waals surface area contributed by atoms with Crippen LogP contribution < -0.4 is 14.4 Å². The number of anilines is 1. The number of ether oxygens (including phenoxy) is 1. The van der Waals surface area contributed by atoms with Gasteiger partial charge in [0, 0.05) is 29.6 Å². The minimum Gasteiger partial charge on any atom is -0.491 e. The van der Waals surface area contributed by atoms with Crippen LogP contribution in [-0.2, 0) is 16.4 Å². The van der Waals surface area contributed by atoms with Gasteiger partial charge in [0.2, 0.25) is 10.0 Å². The summed E-state index contributed by atoms with van der Waals surface area (Å²) < 4.78 is 34.4. The van der Waals surface area contributed by atoms with Crippen LogP contribution in [0.3, 0.4) is 0 Å². The molecule has 5 rings (SSSR count). The van der Waals surface area contributed by atoms with E-state index in [2.05, 4.69) is 35.6 Å². The molecule has 0 aromatic heterocycles. The van der Waals surface area contributed by atoms with Crippen molar-refractivity contribution in [3.8, 4) is 5.75 Å². The summed E-state index contributed by atoms with van der Waals surface area (Å²) in [5, 5.41) is 12.2. The van der Waals surface area contributed by atoms with E-state index in [0.717, 1.165) is 55.8 Å². The molecule has 0 spiro atoms. The highest BCUT2D eigenvalue weighted by Crippen LogP contribution is 2.44. The van der Waals surface area contributed by atoms with Gasteiger partial charge in [0.1, 0.15) is 5.75 Å². The number of aryl methyl sites for hydroxylation is 1. The van der Waals surface area contributed by atoms with Gasteiger partial charge in [0.25, 0.3) is 5.91 Å². The number of nitrogens with zero attached hydrogens (tertiary/aromatic N) is 1. The molecule has 2 aromatic carbocycles. The number of hydrogen-bond acceptors (Lipinski definition) is 6. The van der Waals surface area contributed by atoms with Crippen LogP contribution in [0.4, 0.5) is 5.69 Å². The van der Waals surface area contributed by atoms with E-state index < -0.39 is 22.0 Å². The van der Waals surface area contributed by atoms with Crippen molar-refractivity contribution >= 4 is 33.2 Å². The van der Waals surface area contributed by atoms with Crippen LogP contribution in [0.25, 0.3) is 0 Å². The number of aliphatic hydroxyl groups excluding tert-OH is 1.